The molecule has 2 N–H and O–H groups in total. The monoisotopic (exact) mass is 266 g/mol. The number of nitrogens with one attached hydrogen (secondary N) is 2. The van der Waals surface area contributed by atoms with Crippen molar-refractivity contribution >= 4 is 23.4 Å². The zero-order chi connectivity index (χ0) is 13.0. The van der Waals surface area contributed by atoms with Crippen LogP contribution in [-0.2, 0) is 16.1 Å². The van der Waals surface area contributed by atoms with Crippen LogP contribution in [0.5, 0.6) is 0 Å². The summed E-state index contributed by atoms with van der Waals surface area (Å²) in [5.74, 6) is -0.100. The van der Waals surface area contributed by atoms with Gasteiger partial charge in [0, 0.05) is 24.5 Å². The molecular weight excluding hydrogens is 252 g/mol. The van der Waals surface area contributed by atoms with Crippen LogP contribution in [0.15, 0.2) is 24.3 Å². The molecule has 0 saturated carbocycles. The highest BCUT2D eigenvalue weighted by molar-refractivity contribution is 6.30. The van der Waals surface area contributed by atoms with Crippen LogP contribution in [0.4, 0.5) is 0 Å². The summed E-state index contributed by atoms with van der Waals surface area (Å²) in [4.78, 5) is 22.8. The van der Waals surface area contributed by atoms with Crippen LogP contribution in [0.25, 0.3) is 0 Å². The Balaban J connectivity index is 1.81. The summed E-state index contributed by atoms with van der Waals surface area (Å²) < 4.78 is 0. The van der Waals surface area contributed by atoms with Gasteiger partial charge in [-0.25, -0.2) is 0 Å². The highest BCUT2D eigenvalue weighted by atomic mass is 35.5. The number of carbonyl (C=O) groups excluding carboxylic acids is 2. The second-order valence-electron chi connectivity index (χ2n) is 4.38. The Bertz CT molecular complexity index is 435. The second-order valence-corrected chi connectivity index (χ2v) is 4.82. The molecule has 2 rings (SSSR count). The van der Waals surface area contributed by atoms with Crippen LogP contribution < -0.4 is 10.6 Å². The first kappa shape index (κ1) is 12.9. The standard InChI is InChI=1S/C13H15ClN2O2/c14-11-4-1-9(2-5-11)7-16-13(18)10-3-6-12(17)15-8-10/h1-2,4-5,10H,3,6-8H2,(H,15,17)(H,16,18). The molecule has 1 aliphatic rings. The minimum atomic E-state index is -0.116. The average molecular weight is 267 g/mol. The number of halogens is 1. The van der Waals surface area contributed by atoms with Gasteiger partial charge >= 0.3 is 0 Å². The van der Waals surface area contributed by atoms with E-state index in [1.54, 1.807) is 12.1 Å². The molecular formula is C13H15ClN2O2. The highest BCUT2D eigenvalue weighted by Crippen LogP contribution is 2.12. The zero-order valence-corrected chi connectivity index (χ0v) is 10.7. The van der Waals surface area contributed by atoms with Crippen LogP contribution in [0, 0.1) is 5.92 Å². The molecule has 0 aromatic heterocycles. The third kappa shape index (κ3) is 3.47. The maximum Gasteiger partial charge on any atom is 0.225 e. The van der Waals surface area contributed by atoms with Crippen LogP contribution in [0.1, 0.15) is 18.4 Å². The molecule has 0 radical (unpaired) electrons. The molecule has 2 amide bonds. The lowest BCUT2D eigenvalue weighted by molar-refractivity contribution is -0.129. The van der Waals surface area contributed by atoms with E-state index < -0.39 is 0 Å². The molecule has 5 heteroatoms. The van der Waals surface area contributed by atoms with Crippen molar-refractivity contribution in [2.45, 2.75) is 19.4 Å². The van der Waals surface area contributed by atoms with Gasteiger partial charge in [0.05, 0.1) is 5.92 Å². The number of amides is 2. The van der Waals surface area contributed by atoms with E-state index in [2.05, 4.69) is 10.6 Å². The number of rotatable bonds is 3. The van der Waals surface area contributed by atoms with E-state index in [0.29, 0.717) is 31.0 Å². The lowest BCUT2D eigenvalue weighted by Gasteiger charge is -2.21. The summed E-state index contributed by atoms with van der Waals surface area (Å²) >= 11 is 5.78. The third-order valence-electron chi connectivity index (χ3n) is 3.02. The minimum Gasteiger partial charge on any atom is -0.355 e. The predicted molar refractivity (Wildman–Crippen MR) is 69.0 cm³/mol. The normalized spacial score (nSPS) is 19.2. The van der Waals surface area contributed by atoms with Crippen LogP contribution in [0.3, 0.4) is 0 Å². The Morgan fingerprint density at radius 2 is 2.11 bits per heavy atom. The zero-order valence-electron chi connectivity index (χ0n) is 9.91. The Labute approximate surface area is 111 Å². The quantitative estimate of drug-likeness (QED) is 0.871. The fourth-order valence-corrected chi connectivity index (χ4v) is 2.02. The lowest BCUT2D eigenvalue weighted by Crippen LogP contribution is -2.42. The number of carbonyl (C=O) groups is 2. The average Bonchev–Trinajstić information content (AvgIpc) is 2.38. The molecule has 1 saturated heterocycles. The smallest absolute Gasteiger partial charge is 0.225 e. The van der Waals surface area contributed by atoms with Crippen molar-refractivity contribution in [3.8, 4) is 0 Å². The fourth-order valence-electron chi connectivity index (χ4n) is 1.89. The van der Waals surface area contributed by atoms with E-state index in [-0.39, 0.29) is 17.7 Å². The number of benzene rings is 1. The lowest BCUT2D eigenvalue weighted by atomic mass is 9.98. The van der Waals surface area contributed by atoms with Gasteiger partial charge in [-0.1, -0.05) is 23.7 Å². The molecule has 1 aliphatic heterocycles. The fraction of sp³-hybridized carbons (Fsp3) is 0.385. The molecule has 0 spiro atoms. The van der Waals surface area contributed by atoms with E-state index in [9.17, 15) is 9.59 Å². The van der Waals surface area contributed by atoms with E-state index in [1.165, 1.54) is 0 Å². The molecule has 4 nitrogen and oxygen atoms in total. The van der Waals surface area contributed by atoms with E-state index in [4.69, 9.17) is 11.6 Å². The van der Waals surface area contributed by atoms with E-state index >= 15 is 0 Å². The van der Waals surface area contributed by atoms with Crippen LogP contribution in [-0.4, -0.2) is 18.4 Å². The summed E-state index contributed by atoms with van der Waals surface area (Å²) in [6, 6.07) is 7.35. The van der Waals surface area contributed by atoms with Gasteiger partial charge in [0.2, 0.25) is 11.8 Å². The number of hydrogen-bond donors (Lipinski definition) is 2. The molecule has 0 aliphatic carbocycles. The minimum absolute atomic E-state index is 0.00931. The Morgan fingerprint density at radius 3 is 2.72 bits per heavy atom. The summed E-state index contributed by atoms with van der Waals surface area (Å²) in [5.41, 5.74) is 1.01. The Hall–Kier alpha value is -1.55. The van der Waals surface area contributed by atoms with Crippen molar-refractivity contribution in [2.75, 3.05) is 6.54 Å². The van der Waals surface area contributed by atoms with Gasteiger partial charge < -0.3 is 10.6 Å². The number of hydrogen-bond acceptors (Lipinski definition) is 2. The van der Waals surface area contributed by atoms with Gasteiger partial charge in [-0.3, -0.25) is 9.59 Å². The molecule has 96 valence electrons. The Kier molecular flexibility index (Phi) is 4.20. The van der Waals surface area contributed by atoms with E-state index in [0.717, 1.165) is 5.56 Å². The largest absolute Gasteiger partial charge is 0.355 e. The molecule has 1 aromatic rings. The van der Waals surface area contributed by atoms with Crippen molar-refractivity contribution in [1.82, 2.24) is 10.6 Å². The Morgan fingerprint density at radius 1 is 1.39 bits per heavy atom. The first-order chi connectivity index (χ1) is 8.65. The molecule has 1 fully saturated rings. The predicted octanol–water partition coefficient (Wildman–Crippen LogP) is 1.48. The highest BCUT2D eigenvalue weighted by Gasteiger charge is 2.23. The van der Waals surface area contributed by atoms with Gasteiger partial charge in [0.1, 0.15) is 0 Å². The maximum atomic E-state index is 11.9. The van der Waals surface area contributed by atoms with Crippen molar-refractivity contribution in [3.63, 3.8) is 0 Å². The third-order valence-corrected chi connectivity index (χ3v) is 3.27. The maximum absolute atomic E-state index is 11.9. The van der Waals surface area contributed by atoms with Gasteiger partial charge in [0.15, 0.2) is 0 Å². The van der Waals surface area contributed by atoms with Crippen molar-refractivity contribution in [3.05, 3.63) is 34.9 Å². The van der Waals surface area contributed by atoms with Crippen molar-refractivity contribution in [2.24, 2.45) is 5.92 Å². The summed E-state index contributed by atoms with van der Waals surface area (Å²) in [7, 11) is 0. The van der Waals surface area contributed by atoms with Crippen LogP contribution in [0.2, 0.25) is 5.02 Å². The van der Waals surface area contributed by atoms with Crippen molar-refractivity contribution < 1.29 is 9.59 Å². The molecule has 18 heavy (non-hydrogen) atoms. The summed E-state index contributed by atoms with van der Waals surface area (Å²) in [5, 5.41) is 6.25. The first-order valence-electron chi connectivity index (χ1n) is 5.94. The molecule has 1 atom stereocenters. The van der Waals surface area contributed by atoms with Crippen LogP contribution >= 0.6 is 11.6 Å². The van der Waals surface area contributed by atoms with Gasteiger partial charge in [-0.05, 0) is 24.1 Å². The molecule has 1 unspecified atom stereocenters. The SMILES string of the molecule is O=C1CCC(C(=O)NCc2ccc(Cl)cc2)CN1. The van der Waals surface area contributed by atoms with Crippen molar-refractivity contribution in [1.29, 1.82) is 0 Å². The van der Waals surface area contributed by atoms with E-state index in [1.807, 2.05) is 12.1 Å². The second kappa shape index (κ2) is 5.87. The first-order valence-corrected chi connectivity index (χ1v) is 6.32. The van der Waals surface area contributed by atoms with Gasteiger partial charge in [-0.2, -0.15) is 0 Å². The summed E-state index contributed by atoms with van der Waals surface area (Å²) in [6.45, 7) is 0.922. The topological polar surface area (TPSA) is 58.2 Å². The number of piperidine rings is 1. The van der Waals surface area contributed by atoms with Gasteiger partial charge in [-0.15, -0.1) is 0 Å². The van der Waals surface area contributed by atoms with Gasteiger partial charge in [0.25, 0.3) is 0 Å². The molecule has 0 bridgehead atoms. The molecule has 1 heterocycles. The molecule has 1 aromatic carbocycles. The summed E-state index contributed by atoms with van der Waals surface area (Å²) in [6.07, 6.45) is 1.05.